The van der Waals surface area contributed by atoms with Crippen molar-refractivity contribution in [3.8, 4) is 0 Å². The van der Waals surface area contributed by atoms with Gasteiger partial charge in [-0.25, -0.2) is 13.1 Å². The van der Waals surface area contributed by atoms with Gasteiger partial charge in [-0.05, 0) is 114 Å². The minimum Gasteiger partial charge on any atom is -0.481 e. The molecule has 4 aliphatic carbocycles. The summed E-state index contributed by atoms with van der Waals surface area (Å²) in [7, 11) is -3.69. The molecule has 1 aromatic carbocycles. The van der Waals surface area contributed by atoms with Gasteiger partial charge in [0.2, 0.25) is 10.0 Å². The molecular formula is C48H74N2O9S. The Hall–Kier alpha value is -2.80. The number of ether oxygens (including phenoxy) is 3. The number of allylic oxidation sites excluding steroid dienone is 1. The average Bonchev–Trinajstić information content (AvgIpc) is 3.15. The molecule has 1 heterocycles. The van der Waals surface area contributed by atoms with E-state index in [4.69, 9.17) is 19.9 Å². The predicted molar refractivity (Wildman–Crippen MR) is 231 cm³/mol. The SMILES string of the molecule is CC(=O)O[C@@H]1C[C@]23COC[C@](C)([C@@H]2CC[C@H]2C3=CC[C@@]3(C)[C@H](C(=O)O)[C@@](C)([C@H](C)C(C)C)CC[C@]23C)[C@H]1OC(=O)C(N)CCCCNS(=O)(=O)c1ccc(C(C)(C)C)cc1. The topological polar surface area (TPSA) is 171 Å². The number of carbonyl (C=O) groups excluding carboxylic acids is 2. The van der Waals surface area contributed by atoms with Crippen LogP contribution >= 0.6 is 0 Å². The van der Waals surface area contributed by atoms with E-state index in [1.54, 1.807) is 12.1 Å². The van der Waals surface area contributed by atoms with Gasteiger partial charge in [-0.2, -0.15) is 0 Å². The molecular weight excluding hydrogens is 781 g/mol. The van der Waals surface area contributed by atoms with Crippen molar-refractivity contribution in [3.63, 3.8) is 0 Å². The van der Waals surface area contributed by atoms with E-state index in [0.29, 0.717) is 51.2 Å². The number of carboxylic acids is 1. The summed E-state index contributed by atoms with van der Waals surface area (Å²) in [4.78, 5) is 40.2. The molecule has 336 valence electrons. The smallest absolute Gasteiger partial charge is 0.323 e. The number of nitrogens with two attached hydrogens (primary N) is 1. The van der Waals surface area contributed by atoms with Gasteiger partial charge in [0.15, 0.2) is 0 Å². The Labute approximate surface area is 359 Å². The van der Waals surface area contributed by atoms with Crippen molar-refractivity contribution in [2.45, 2.75) is 163 Å². The van der Waals surface area contributed by atoms with Crippen LogP contribution in [-0.4, -0.2) is 69.4 Å². The fourth-order valence-corrected chi connectivity index (χ4v) is 14.4. The summed E-state index contributed by atoms with van der Waals surface area (Å²) < 4.78 is 47.5. The van der Waals surface area contributed by atoms with E-state index in [1.165, 1.54) is 12.5 Å². The molecule has 3 saturated carbocycles. The maximum atomic E-state index is 13.8. The van der Waals surface area contributed by atoms with E-state index in [0.717, 1.165) is 31.2 Å². The lowest BCUT2D eigenvalue weighted by Crippen LogP contribution is -2.70. The molecule has 1 saturated heterocycles. The fourth-order valence-electron chi connectivity index (χ4n) is 13.3. The lowest BCUT2D eigenvalue weighted by atomic mass is 9.34. The van der Waals surface area contributed by atoms with Gasteiger partial charge in [0.25, 0.3) is 0 Å². The monoisotopic (exact) mass is 855 g/mol. The minimum atomic E-state index is -3.69. The first-order valence-electron chi connectivity index (χ1n) is 22.5. The van der Waals surface area contributed by atoms with E-state index in [1.807, 2.05) is 12.1 Å². The Bertz CT molecular complexity index is 1940. The summed E-state index contributed by atoms with van der Waals surface area (Å²) in [5.41, 5.74) is 6.50. The molecule has 1 aromatic rings. The molecule has 1 aliphatic heterocycles. The molecule has 1 unspecified atom stereocenters. The molecule has 0 spiro atoms. The molecule has 0 aromatic heterocycles. The Morgan fingerprint density at radius 3 is 2.23 bits per heavy atom. The van der Waals surface area contributed by atoms with Crippen LogP contribution in [0.5, 0.6) is 0 Å². The van der Waals surface area contributed by atoms with E-state index < -0.39 is 68.3 Å². The molecule has 4 N–H and O–H groups in total. The molecule has 12 heteroatoms. The number of aliphatic carboxylic acids is 1. The lowest BCUT2D eigenvalue weighted by Gasteiger charge is -2.71. The Morgan fingerprint density at radius 2 is 1.63 bits per heavy atom. The van der Waals surface area contributed by atoms with Crippen LogP contribution in [0.2, 0.25) is 0 Å². The zero-order chi connectivity index (χ0) is 44.4. The van der Waals surface area contributed by atoms with E-state index >= 15 is 0 Å². The van der Waals surface area contributed by atoms with Crippen molar-refractivity contribution < 1.29 is 42.1 Å². The van der Waals surface area contributed by atoms with Gasteiger partial charge in [-0.1, -0.05) is 99.4 Å². The highest BCUT2D eigenvalue weighted by Gasteiger charge is 2.72. The number of rotatable bonds is 13. The van der Waals surface area contributed by atoms with Gasteiger partial charge in [0.05, 0.1) is 24.0 Å². The number of carbonyl (C=O) groups is 3. The number of nitrogens with one attached hydrogen (secondary N) is 1. The summed E-state index contributed by atoms with van der Waals surface area (Å²) >= 11 is 0. The summed E-state index contributed by atoms with van der Waals surface area (Å²) in [5, 5.41) is 11.0. The number of unbranched alkanes of at least 4 members (excludes halogenated alkanes) is 1. The van der Waals surface area contributed by atoms with Gasteiger partial charge in [0, 0.05) is 24.3 Å². The number of carboxylic acid groups (broad SMARTS) is 1. The number of hydrogen-bond acceptors (Lipinski definition) is 9. The third-order valence-electron chi connectivity index (χ3n) is 17.2. The van der Waals surface area contributed by atoms with E-state index in [2.05, 4.69) is 80.0 Å². The summed E-state index contributed by atoms with van der Waals surface area (Å²) in [6, 6.07) is 5.96. The minimum absolute atomic E-state index is 0.0813. The first-order chi connectivity index (χ1) is 27.8. The van der Waals surface area contributed by atoms with E-state index in [9.17, 15) is 27.9 Å². The number of sulfonamides is 1. The van der Waals surface area contributed by atoms with Crippen LogP contribution in [0, 0.1) is 56.7 Å². The second kappa shape index (κ2) is 16.4. The van der Waals surface area contributed by atoms with Crippen LogP contribution in [0.3, 0.4) is 0 Å². The van der Waals surface area contributed by atoms with Crippen LogP contribution in [0.15, 0.2) is 40.8 Å². The van der Waals surface area contributed by atoms with Gasteiger partial charge < -0.3 is 25.1 Å². The predicted octanol–water partition coefficient (Wildman–Crippen LogP) is 8.19. The van der Waals surface area contributed by atoms with Crippen molar-refractivity contribution in [2.24, 2.45) is 62.4 Å². The standard InChI is InChI=1S/C48H74N2O9S/c1-29(2)30(3)44(8)23-24-46(10)34-19-20-38-45(9)27-57-28-48(38,35(34)21-22-47(46,11)39(44)41(52)53)26-37(58-31(4)51)40(45)59-42(54)36(49)14-12-13-25-50-60(55,56)33-17-15-32(16-18-33)43(5,6)7/h15-18,21,29-30,34,36-40,50H,12-14,19-20,22-28,49H2,1-11H3,(H,52,53)/t30-,34+,36?,37-,38+,39-,40+,44-,45-,46-,47+,48-/m1/s1. The number of hydrogen-bond donors (Lipinski definition) is 3. The third kappa shape index (κ3) is 7.80. The molecule has 11 nitrogen and oxygen atoms in total. The summed E-state index contributed by atoms with van der Waals surface area (Å²) in [6.07, 6.45) is 6.76. The Morgan fingerprint density at radius 1 is 0.967 bits per heavy atom. The molecule has 4 fully saturated rings. The zero-order valence-corrected chi connectivity index (χ0v) is 39.0. The largest absolute Gasteiger partial charge is 0.481 e. The molecule has 0 radical (unpaired) electrons. The maximum absolute atomic E-state index is 13.8. The highest BCUT2D eigenvalue weighted by Crippen LogP contribution is 2.75. The first-order valence-corrected chi connectivity index (χ1v) is 24.0. The van der Waals surface area contributed by atoms with Crippen LogP contribution in [0.25, 0.3) is 0 Å². The molecule has 60 heavy (non-hydrogen) atoms. The highest BCUT2D eigenvalue weighted by atomic mass is 32.2. The molecule has 5 aliphatic rings. The second-order valence-corrected chi connectivity index (χ2v) is 23.6. The summed E-state index contributed by atoms with van der Waals surface area (Å²) in [6.45, 7) is 24.2. The fraction of sp³-hybridized carbons (Fsp3) is 0.771. The first kappa shape index (κ1) is 46.7. The quantitative estimate of drug-likeness (QED) is 0.0999. The van der Waals surface area contributed by atoms with Crippen molar-refractivity contribution in [1.29, 1.82) is 0 Å². The van der Waals surface area contributed by atoms with Gasteiger partial charge in [-0.3, -0.25) is 14.4 Å². The summed E-state index contributed by atoms with van der Waals surface area (Å²) in [5.74, 6) is -1.41. The number of benzene rings is 1. The maximum Gasteiger partial charge on any atom is 0.323 e. The van der Waals surface area contributed by atoms with Gasteiger partial charge in [-0.15, -0.1) is 0 Å². The lowest BCUT2D eigenvalue weighted by molar-refractivity contribution is -0.263. The highest BCUT2D eigenvalue weighted by molar-refractivity contribution is 7.89. The van der Waals surface area contributed by atoms with Crippen LogP contribution < -0.4 is 10.5 Å². The van der Waals surface area contributed by atoms with Crippen LogP contribution in [0.4, 0.5) is 0 Å². The van der Waals surface area contributed by atoms with Crippen molar-refractivity contribution in [3.05, 3.63) is 41.5 Å². The molecule has 2 bridgehead atoms. The molecule has 0 amide bonds. The van der Waals surface area contributed by atoms with Crippen LogP contribution in [0.1, 0.15) is 140 Å². The van der Waals surface area contributed by atoms with Crippen molar-refractivity contribution in [1.82, 2.24) is 4.72 Å². The zero-order valence-electron chi connectivity index (χ0n) is 38.2. The number of fused-ring (bicyclic) bond motifs is 3. The normalized spacial score (nSPS) is 37.4. The molecule has 12 atom stereocenters. The van der Waals surface area contributed by atoms with Crippen molar-refractivity contribution in [2.75, 3.05) is 19.8 Å². The number of esters is 2. The third-order valence-corrected chi connectivity index (χ3v) is 18.7. The Balaban J connectivity index is 1.17. The second-order valence-electron chi connectivity index (χ2n) is 21.8. The van der Waals surface area contributed by atoms with Gasteiger partial charge in [0.1, 0.15) is 18.2 Å². The van der Waals surface area contributed by atoms with Gasteiger partial charge >= 0.3 is 17.9 Å². The average molecular weight is 855 g/mol. The van der Waals surface area contributed by atoms with Crippen LogP contribution in [-0.2, 0) is 44.0 Å². The van der Waals surface area contributed by atoms with E-state index in [-0.39, 0.29) is 45.4 Å². The molecule has 6 rings (SSSR count). The Kier molecular flexibility index (Phi) is 12.8. The van der Waals surface area contributed by atoms with Crippen molar-refractivity contribution >= 4 is 27.9 Å².